The zero-order valence-corrected chi connectivity index (χ0v) is 30.2. The van der Waals surface area contributed by atoms with E-state index in [1.54, 1.807) is 12.4 Å². The maximum atomic E-state index is 14.0. The highest BCUT2D eigenvalue weighted by atomic mass is 32.2. The zero-order valence-electron chi connectivity index (χ0n) is 29.4. The largest absolute Gasteiger partial charge is 0.467 e. The summed E-state index contributed by atoms with van der Waals surface area (Å²) in [5, 5.41) is 3.12. The average molecular weight is 745 g/mol. The SMILES string of the molecule is COc1ncc(-c2cnc(N(C(=O)OCC(C)(C)N(C)C)[C@H]3CC[C@H](Nc4ncc(C(F)(F)F)c(-c5cncc(S(C)(=O)=O)c5)n4)CC3)cn2)cn1. The van der Waals surface area contributed by atoms with Gasteiger partial charge in [-0.25, -0.2) is 38.1 Å². The van der Waals surface area contributed by atoms with E-state index in [2.05, 4.69) is 40.2 Å². The van der Waals surface area contributed by atoms with Gasteiger partial charge >= 0.3 is 18.3 Å². The van der Waals surface area contributed by atoms with Gasteiger partial charge in [0, 0.05) is 66.0 Å². The zero-order chi connectivity index (χ0) is 37.8. The number of ether oxygens (including phenoxy) is 2. The molecular weight excluding hydrogens is 705 g/mol. The maximum absolute atomic E-state index is 14.0. The van der Waals surface area contributed by atoms with Crippen LogP contribution in [0.2, 0.25) is 0 Å². The fraction of sp³-hybridized carbons (Fsp3) is 0.455. The summed E-state index contributed by atoms with van der Waals surface area (Å²) in [7, 11) is 1.49. The number of carbonyl (C=O) groups excluding carboxylic acids is 1. The van der Waals surface area contributed by atoms with E-state index in [9.17, 15) is 26.4 Å². The van der Waals surface area contributed by atoms with Crippen molar-refractivity contribution in [3.05, 3.63) is 55.0 Å². The summed E-state index contributed by atoms with van der Waals surface area (Å²) in [5.41, 5.74) is -1.13. The number of rotatable bonds is 11. The Morgan fingerprint density at radius 2 is 1.62 bits per heavy atom. The molecule has 0 aliphatic heterocycles. The molecule has 0 radical (unpaired) electrons. The van der Waals surface area contributed by atoms with Crippen LogP contribution in [0.3, 0.4) is 0 Å². The minimum absolute atomic E-state index is 0.0673. The standard InChI is InChI=1S/C33H39F3N10O5S/c1-32(2,45(3)4)19-51-31(47)46(27-18-38-26(17-39-27)21-13-41-30(50-5)42-14-21)23-9-7-22(8-10-23)43-29-40-16-25(33(34,35)36)28(44-29)20-11-24(15-37-12-20)52(6,48)49/h11-18,22-23H,7-10,19H2,1-6H3,(H,40,43,44)/t22-,23-. The van der Waals surface area contributed by atoms with Gasteiger partial charge in [0.05, 0.1) is 35.8 Å². The molecule has 4 heterocycles. The number of hydrogen-bond donors (Lipinski definition) is 1. The molecular formula is C33H39F3N10O5S. The highest BCUT2D eigenvalue weighted by molar-refractivity contribution is 7.90. The summed E-state index contributed by atoms with van der Waals surface area (Å²) < 4.78 is 76.9. The summed E-state index contributed by atoms with van der Waals surface area (Å²) in [4.78, 5) is 46.0. The van der Waals surface area contributed by atoms with Crippen molar-refractivity contribution < 1.29 is 35.9 Å². The van der Waals surface area contributed by atoms with Gasteiger partial charge < -0.3 is 19.7 Å². The topological polar surface area (TPSA) is 178 Å². The smallest absolute Gasteiger partial charge is 0.419 e. The Bertz CT molecular complexity index is 1970. The summed E-state index contributed by atoms with van der Waals surface area (Å²) in [6.45, 7) is 4.00. The fourth-order valence-corrected chi connectivity index (χ4v) is 5.90. The molecule has 1 aliphatic carbocycles. The molecule has 1 aliphatic rings. The number of carbonyl (C=O) groups is 1. The molecule has 4 aromatic heterocycles. The van der Waals surface area contributed by atoms with Gasteiger partial charge in [-0.15, -0.1) is 0 Å². The van der Waals surface area contributed by atoms with E-state index in [1.165, 1.54) is 24.4 Å². The van der Waals surface area contributed by atoms with E-state index in [1.807, 2.05) is 32.8 Å². The van der Waals surface area contributed by atoms with Crippen LogP contribution in [0.15, 0.2) is 54.3 Å². The second-order valence-corrected chi connectivity index (χ2v) is 15.2. The number of hydrogen-bond acceptors (Lipinski definition) is 14. The quantitative estimate of drug-likeness (QED) is 0.219. The Kier molecular flexibility index (Phi) is 11.2. The van der Waals surface area contributed by atoms with E-state index >= 15 is 0 Å². The molecule has 1 N–H and O–H groups in total. The maximum Gasteiger partial charge on any atom is 0.419 e. The lowest BCUT2D eigenvalue weighted by Crippen LogP contribution is -2.48. The predicted molar refractivity (Wildman–Crippen MR) is 184 cm³/mol. The van der Waals surface area contributed by atoms with Crippen molar-refractivity contribution in [1.82, 2.24) is 39.8 Å². The minimum atomic E-state index is -4.81. The van der Waals surface area contributed by atoms with Gasteiger partial charge in [0.2, 0.25) is 5.95 Å². The number of alkyl halides is 3. The Labute approximate surface area is 299 Å². The van der Waals surface area contributed by atoms with Crippen molar-refractivity contribution in [2.24, 2.45) is 0 Å². The van der Waals surface area contributed by atoms with Crippen molar-refractivity contribution in [1.29, 1.82) is 0 Å². The molecule has 0 atom stereocenters. The van der Waals surface area contributed by atoms with Crippen LogP contribution in [0, 0.1) is 0 Å². The van der Waals surface area contributed by atoms with Crippen LogP contribution in [-0.2, 0) is 20.8 Å². The van der Waals surface area contributed by atoms with Gasteiger partial charge in [-0.1, -0.05) is 0 Å². The Hall–Kier alpha value is -5.04. The van der Waals surface area contributed by atoms with Crippen LogP contribution in [0.25, 0.3) is 22.5 Å². The van der Waals surface area contributed by atoms with Gasteiger partial charge in [0.25, 0.3) is 0 Å². The molecule has 15 nitrogen and oxygen atoms in total. The average Bonchev–Trinajstić information content (AvgIpc) is 3.11. The van der Waals surface area contributed by atoms with E-state index in [0.717, 1.165) is 24.7 Å². The van der Waals surface area contributed by atoms with Crippen LogP contribution >= 0.6 is 0 Å². The van der Waals surface area contributed by atoms with Crippen LogP contribution in [0.4, 0.5) is 29.7 Å². The predicted octanol–water partition coefficient (Wildman–Crippen LogP) is 4.92. The first-order valence-electron chi connectivity index (χ1n) is 16.1. The third-order valence-electron chi connectivity index (χ3n) is 8.85. The van der Waals surface area contributed by atoms with E-state index in [-0.39, 0.29) is 46.9 Å². The molecule has 0 unspecified atom stereocenters. The molecule has 1 amide bonds. The Morgan fingerprint density at radius 1 is 0.923 bits per heavy atom. The van der Waals surface area contributed by atoms with Crippen LogP contribution in [0.1, 0.15) is 45.1 Å². The number of nitrogens with zero attached hydrogens (tertiary/aromatic N) is 9. The first-order valence-corrected chi connectivity index (χ1v) is 18.0. The second-order valence-electron chi connectivity index (χ2n) is 13.1. The summed E-state index contributed by atoms with van der Waals surface area (Å²) in [6, 6.07) is 0.708. The number of nitrogens with one attached hydrogen (secondary N) is 1. The number of aromatic nitrogens is 7. The van der Waals surface area contributed by atoms with Gasteiger partial charge in [0.15, 0.2) is 15.7 Å². The first-order chi connectivity index (χ1) is 24.5. The highest BCUT2D eigenvalue weighted by Crippen LogP contribution is 2.37. The molecule has 0 bridgehead atoms. The van der Waals surface area contributed by atoms with Crippen molar-refractivity contribution in [2.45, 2.75) is 68.2 Å². The van der Waals surface area contributed by atoms with E-state index in [0.29, 0.717) is 43.1 Å². The molecule has 4 aromatic rings. The number of sulfone groups is 1. The van der Waals surface area contributed by atoms with Crippen molar-refractivity contribution in [3.8, 4) is 28.5 Å². The molecule has 1 fully saturated rings. The molecule has 52 heavy (non-hydrogen) atoms. The van der Waals surface area contributed by atoms with Crippen molar-refractivity contribution in [3.63, 3.8) is 0 Å². The first kappa shape index (κ1) is 38.2. The number of likely N-dealkylation sites (N-methyl/N-ethyl adjacent to an activating group) is 1. The molecule has 0 aromatic carbocycles. The Morgan fingerprint density at radius 3 is 2.19 bits per heavy atom. The van der Waals surface area contributed by atoms with Gasteiger partial charge in [-0.05, 0) is 59.7 Å². The molecule has 0 spiro atoms. The third kappa shape index (κ3) is 9.05. The molecule has 278 valence electrons. The van der Waals surface area contributed by atoms with Crippen molar-refractivity contribution in [2.75, 3.05) is 44.3 Å². The molecule has 5 rings (SSSR count). The third-order valence-corrected chi connectivity index (χ3v) is 9.93. The number of pyridine rings is 1. The Balaban J connectivity index is 1.35. The number of halogens is 3. The monoisotopic (exact) mass is 744 g/mol. The number of methoxy groups -OCH3 is 1. The molecule has 0 saturated heterocycles. The number of amides is 1. The molecule has 19 heteroatoms. The summed E-state index contributed by atoms with van der Waals surface area (Å²) in [5.74, 6) is 0.213. The lowest BCUT2D eigenvalue weighted by Gasteiger charge is -2.37. The molecule has 1 saturated carbocycles. The fourth-order valence-electron chi connectivity index (χ4n) is 5.31. The van der Waals surface area contributed by atoms with Crippen LogP contribution < -0.4 is 15.0 Å². The minimum Gasteiger partial charge on any atom is -0.467 e. The number of anilines is 2. The van der Waals surface area contributed by atoms with Crippen LogP contribution in [0.5, 0.6) is 6.01 Å². The van der Waals surface area contributed by atoms with E-state index < -0.39 is 38.9 Å². The lowest BCUT2D eigenvalue weighted by atomic mass is 9.90. The van der Waals surface area contributed by atoms with Crippen molar-refractivity contribution >= 4 is 27.7 Å². The lowest BCUT2D eigenvalue weighted by molar-refractivity contribution is -0.137. The summed E-state index contributed by atoms with van der Waals surface area (Å²) >= 11 is 0. The van der Waals surface area contributed by atoms with Gasteiger partial charge in [-0.2, -0.15) is 13.2 Å². The van der Waals surface area contributed by atoms with E-state index in [4.69, 9.17) is 9.47 Å². The normalized spacial score (nSPS) is 16.7. The second kappa shape index (κ2) is 15.3. The van der Waals surface area contributed by atoms with Gasteiger partial charge in [-0.3, -0.25) is 14.9 Å². The highest BCUT2D eigenvalue weighted by Gasteiger charge is 2.37. The van der Waals surface area contributed by atoms with Gasteiger partial charge in [0.1, 0.15) is 12.2 Å². The van der Waals surface area contributed by atoms with Crippen LogP contribution in [-0.4, -0.2) is 106 Å². The summed E-state index contributed by atoms with van der Waals surface area (Å²) in [6.07, 6.45) is 6.42.